The van der Waals surface area contributed by atoms with E-state index in [9.17, 15) is 24.0 Å². The van der Waals surface area contributed by atoms with Gasteiger partial charge in [0, 0.05) is 106 Å². The average Bonchev–Trinajstić information content (AvgIpc) is 1.66. The number of nitrogens with two attached hydrogens (primary N) is 10. The molecule has 0 unspecified atom stereocenters. The minimum absolute atomic E-state index is 0.00807. The first-order valence-electron chi connectivity index (χ1n) is 42.1. The van der Waals surface area contributed by atoms with Gasteiger partial charge >= 0.3 is 11.4 Å². The molecule has 12 rings (SSSR count). The van der Waals surface area contributed by atoms with Crippen LogP contribution < -0.4 is 101 Å². The topological polar surface area (TPSA) is 690 Å². The van der Waals surface area contributed by atoms with Gasteiger partial charge in [0.1, 0.15) is 34.5 Å². The number of hydrogen-bond donors (Lipinski definition) is 19. The summed E-state index contributed by atoms with van der Waals surface area (Å²) in [7, 11) is 7.08. The molecule has 0 aliphatic heterocycles. The van der Waals surface area contributed by atoms with Crippen LogP contribution in [0.5, 0.6) is 0 Å². The number of guanidine groups is 1. The standard InChI is InChI=1S/C14H27BN2O2.C13H20N4O.C12H21N7.C12H17N5O.C11H19N9.C10H17N7.C10H16N6O/c1-13(2,3)11(18)10-17(12(19)9-15)8-7-16-14(4,5)6;1-13(2,3)17-8-9-7-10(5-4-6-14)15-11(9)16-12(17)18;1-12(2,3)19-7-16-8-9(14)17-11(18-10(8)19)15-6-4-5-13;1-17-7-8-6-9(4-2-3-5-10(13)14)15-11(8)16-12(17)18;1-11(2,3)20-5-17-6-7(12)18-10(19-8(6)20)16-4-15-9(13)14;1-10(2,3)17-5-14-6-7(12)15-9(13-4-11)16-8(6)17;1-10(2,3)16-5-13-6-7(16)14-9(12-4-11)15-8(6)17/h16H,7-10H2,1-6H3;7-8H,4-6,14H2,1-3H3,(H,15,16,18);7H,4-6,13H2,1-3H3,(H3,14,15,17,18);6-7H,2-5H2,1H3,(H3,13,14)(H,15,16,18);5H,4H2,1-3H3,(H4,13,14,15)(H3,12,16,18,19);5H,4,11H2,1-3H3,(H3,12,13,15,16);5H,4,11H2,1-3H3,(H2,12,14,15,17). The van der Waals surface area contributed by atoms with Crippen molar-refractivity contribution in [3.63, 3.8) is 0 Å². The van der Waals surface area contributed by atoms with Gasteiger partial charge in [0.05, 0.1) is 58.9 Å². The third-order valence-corrected chi connectivity index (χ3v) is 18.8. The van der Waals surface area contributed by atoms with Crippen LogP contribution in [0.4, 0.5) is 41.2 Å². The van der Waals surface area contributed by atoms with E-state index in [1.165, 1.54) is 9.47 Å². The summed E-state index contributed by atoms with van der Waals surface area (Å²) in [6.45, 7) is 46.4. The van der Waals surface area contributed by atoms with E-state index in [1.807, 2.05) is 98.9 Å². The number of carbonyl (C=O) groups excluding carboxylic acids is 2. The van der Waals surface area contributed by atoms with Crippen molar-refractivity contribution in [1.29, 1.82) is 5.41 Å². The van der Waals surface area contributed by atoms with Gasteiger partial charge in [0.25, 0.3) is 5.56 Å². The third kappa shape index (κ3) is 30.5. The minimum atomic E-state index is -0.440. The van der Waals surface area contributed by atoms with E-state index in [-0.39, 0.29) is 107 Å². The smallest absolute Gasteiger partial charge is 0.350 e. The van der Waals surface area contributed by atoms with E-state index < -0.39 is 5.41 Å². The van der Waals surface area contributed by atoms with Gasteiger partial charge in [-0.05, 0) is 195 Å². The molecule has 0 aliphatic carbocycles. The highest BCUT2D eigenvalue weighted by Crippen LogP contribution is 2.29. The number of fused-ring (bicyclic) bond motifs is 6. The number of aromatic amines is 3. The van der Waals surface area contributed by atoms with E-state index in [1.54, 1.807) is 43.1 Å². The monoisotopic (exact) mass is 1770 g/mol. The van der Waals surface area contributed by atoms with Gasteiger partial charge < -0.3 is 122 Å². The molecule has 0 bridgehead atoms. The lowest BCUT2D eigenvalue weighted by atomic mass is 9.90. The van der Waals surface area contributed by atoms with E-state index in [4.69, 9.17) is 70.6 Å². The highest BCUT2D eigenvalue weighted by atomic mass is 16.2. The van der Waals surface area contributed by atoms with Crippen molar-refractivity contribution < 1.29 is 9.59 Å². The second-order valence-corrected chi connectivity index (χ2v) is 37.2. The molecular formula is C82H137BN40O5. The predicted molar refractivity (Wildman–Crippen MR) is 512 cm³/mol. The summed E-state index contributed by atoms with van der Waals surface area (Å²) >= 11 is 0. The number of rotatable bonds is 25. The molecular weight excluding hydrogens is 1640 g/mol. The van der Waals surface area contributed by atoms with Gasteiger partial charge in [-0.1, -0.05) is 20.8 Å². The number of carbonyl (C=O) groups is 2. The summed E-state index contributed by atoms with van der Waals surface area (Å²) in [6.07, 6.45) is 16.4. The predicted octanol–water partition coefficient (Wildman–Crippen LogP) is 5.11. The van der Waals surface area contributed by atoms with Gasteiger partial charge in [0.2, 0.25) is 29.7 Å². The van der Waals surface area contributed by atoms with Crippen molar-refractivity contribution in [2.45, 2.75) is 230 Å². The van der Waals surface area contributed by atoms with Gasteiger partial charge in [-0.3, -0.25) is 29.3 Å². The van der Waals surface area contributed by atoms with Gasteiger partial charge in [-0.15, -0.1) is 0 Å². The van der Waals surface area contributed by atoms with Crippen LogP contribution in [-0.2, 0) is 57.2 Å². The maximum atomic E-state index is 12.0. The van der Waals surface area contributed by atoms with Crippen molar-refractivity contribution in [3.8, 4) is 0 Å². The summed E-state index contributed by atoms with van der Waals surface area (Å²) in [5.74, 6) is 2.79. The zero-order valence-electron chi connectivity index (χ0n) is 78.4. The minimum Gasteiger partial charge on any atom is -0.388 e. The van der Waals surface area contributed by atoms with Crippen molar-refractivity contribution in [2.24, 2.45) is 57.6 Å². The fourth-order valence-electron chi connectivity index (χ4n) is 11.9. The molecule has 0 aliphatic rings. The molecule has 128 heavy (non-hydrogen) atoms. The number of aryl methyl sites for hydroxylation is 3. The first-order chi connectivity index (χ1) is 59.5. The van der Waals surface area contributed by atoms with Crippen LogP contribution in [0.1, 0.15) is 189 Å². The van der Waals surface area contributed by atoms with Crippen molar-refractivity contribution in [1.82, 2.24) is 117 Å². The van der Waals surface area contributed by atoms with Crippen molar-refractivity contribution in [3.05, 3.63) is 92.5 Å². The van der Waals surface area contributed by atoms with Gasteiger partial charge in [-0.2, -0.15) is 44.9 Å². The van der Waals surface area contributed by atoms with Crippen molar-refractivity contribution >= 4 is 139 Å². The highest BCUT2D eigenvalue weighted by molar-refractivity contribution is 6.19. The van der Waals surface area contributed by atoms with Crippen LogP contribution >= 0.6 is 0 Å². The summed E-state index contributed by atoms with van der Waals surface area (Å²) in [4.78, 5) is 128. The SMILES string of the molecule is CC(C)(C)n1cc2cc(CCCN)[nH]c2nc1=O.CC(C)(C)n1cnc2c(=O)[nH]c(NCN)nc21.CC(C)(C)n1cnc2c(N)nc(NCCCN)nc21.CC(C)(C)n1cnc2c(N)nc(NCN)nc21.CC(C)(C)n1cnc2c(N)nc(NCN=C(N)N)nc21.Cn1cc2cc(CCCCC(=N)N)[nH]c2nc1=O.[B]CC(=O)N(CCNC(C)(C)C)CC(=O)C(C)(C)C. The molecule has 12 aromatic rings. The highest BCUT2D eigenvalue weighted by Gasteiger charge is 2.28. The largest absolute Gasteiger partial charge is 0.388 e. The zero-order chi connectivity index (χ0) is 95.9. The number of anilines is 7. The van der Waals surface area contributed by atoms with Crippen LogP contribution in [0.3, 0.4) is 0 Å². The Balaban J connectivity index is 0.000000230. The Kier molecular flexibility index (Phi) is 36.2. The molecule has 0 spiro atoms. The molecule has 12 aromatic heterocycles. The molecule has 29 N–H and O–H groups in total. The van der Waals surface area contributed by atoms with E-state index in [2.05, 4.69) is 194 Å². The average molecular weight is 1770 g/mol. The number of H-pyrrole nitrogens is 3. The number of ketones is 1. The lowest BCUT2D eigenvalue weighted by molar-refractivity contribution is -0.136. The molecule has 0 saturated heterocycles. The van der Waals surface area contributed by atoms with E-state index >= 15 is 0 Å². The number of amidine groups is 1. The number of nitrogens with one attached hydrogen (secondary N) is 9. The van der Waals surface area contributed by atoms with Crippen LogP contribution in [-0.4, -0.2) is 208 Å². The Bertz CT molecular complexity index is 5890. The number of Topliss-reactive ketones (excluding diaryl/α,β-unsaturated/α-hetero) is 1. The zero-order valence-corrected chi connectivity index (χ0v) is 78.4. The molecule has 0 saturated carbocycles. The van der Waals surface area contributed by atoms with E-state index in [0.29, 0.717) is 124 Å². The number of unbranched alkanes of at least 4 members (excludes halogenated alkanes) is 1. The fraction of sp³-hybridized carbons (Fsp3) is 0.561. The quantitative estimate of drug-likeness (QED) is 0.0116. The number of nitrogens with zero attached hydrogens (tertiary/aromatic N) is 21. The summed E-state index contributed by atoms with van der Waals surface area (Å²) in [5.41, 5.74) is 61.4. The first-order valence-corrected chi connectivity index (χ1v) is 42.1. The van der Waals surface area contributed by atoms with Crippen LogP contribution in [0.2, 0.25) is 6.32 Å². The fourth-order valence-corrected chi connectivity index (χ4v) is 11.9. The third-order valence-electron chi connectivity index (χ3n) is 18.8. The van der Waals surface area contributed by atoms with Crippen LogP contribution in [0.25, 0.3) is 66.7 Å². The summed E-state index contributed by atoms with van der Waals surface area (Å²) in [5, 5.41) is 24.0. The summed E-state index contributed by atoms with van der Waals surface area (Å²) < 4.78 is 10.9. The van der Waals surface area contributed by atoms with Crippen LogP contribution in [0, 0.1) is 10.8 Å². The Morgan fingerprint density at radius 2 is 0.922 bits per heavy atom. The van der Waals surface area contributed by atoms with Crippen LogP contribution in [0.15, 0.2) is 69.2 Å². The lowest BCUT2D eigenvalue weighted by Crippen LogP contribution is -2.45. The number of aromatic nitrogens is 22. The Morgan fingerprint density at radius 3 is 1.34 bits per heavy atom. The number of imidazole rings is 4. The number of hydrogen-bond acceptors (Lipinski definition) is 32. The maximum Gasteiger partial charge on any atom is 0.350 e. The first kappa shape index (κ1) is 104. The summed E-state index contributed by atoms with van der Waals surface area (Å²) in [6, 6.07) is 4.05. The van der Waals surface area contributed by atoms with Gasteiger partial charge in [0.15, 0.2) is 57.3 Å². The van der Waals surface area contributed by atoms with Crippen molar-refractivity contribution in [2.75, 3.05) is 97.7 Å². The molecule has 0 atom stereocenters. The molecule has 0 fully saturated rings. The Morgan fingerprint density at radius 1 is 0.500 bits per heavy atom. The number of amides is 1. The lowest BCUT2D eigenvalue weighted by Gasteiger charge is -2.28. The maximum absolute atomic E-state index is 12.0. The van der Waals surface area contributed by atoms with Gasteiger partial charge in [-0.25, -0.2) is 34.5 Å². The number of aliphatic imine (C=N–C) groups is 1. The second kappa shape index (κ2) is 44.6. The Hall–Kier alpha value is -12.8. The number of nitrogen functional groups attached to an aromatic ring is 3. The Labute approximate surface area is 746 Å². The normalized spacial score (nSPS) is 11.9. The molecule has 45 nitrogen and oxygen atoms in total. The van der Waals surface area contributed by atoms with E-state index in [0.717, 1.165) is 72.9 Å². The molecule has 1 amide bonds. The molecule has 12 heterocycles. The second-order valence-electron chi connectivity index (χ2n) is 37.2. The molecule has 2 radical (unpaired) electrons. The molecule has 46 heteroatoms. The molecule has 0 aromatic carbocycles. The molecule has 698 valence electrons.